The highest BCUT2D eigenvalue weighted by Crippen LogP contribution is 2.21. The molecule has 3 heteroatoms. The number of piperazine rings is 1. The average molecular weight is 319 g/mol. The molecule has 1 aromatic rings. The van der Waals surface area contributed by atoms with Gasteiger partial charge in [0.05, 0.1) is 12.6 Å². The summed E-state index contributed by atoms with van der Waals surface area (Å²) in [5, 5.41) is 0. The molecule has 2 N–H and O–H groups in total. The molecule has 2 atom stereocenters. The van der Waals surface area contributed by atoms with E-state index in [0.717, 1.165) is 24.3 Å². The Labute approximate surface area is 141 Å². The van der Waals surface area contributed by atoms with Gasteiger partial charge in [-0.1, -0.05) is 13.3 Å². The summed E-state index contributed by atoms with van der Waals surface area (Å²) in [7, 11) is 0. The van der Waals surface area contributed by atoms with Crippen LogP contribution in [0.1, 0.15) is 45.1 Å². The van der Waals surface area contributed by atoms with Gasteiger partial charge in [0.1, 0.15) is 38.5 Å². The van der Waals surface area contributed by atoms with Gasteiger partial charge in [-0.25, -0.2) is 0 Å². The average Bonchev–Trinajstić information content (AvgIpc) is 2.58. The highest BCUT2D eigenvalue weighted by molar-refractivity contribution is 5.26. The van der Waals surface area contributed by atoms with Crippen molar-refractivity contribution in [3.8, 4) is 5.75 Å². The molecule has 2 fully saturated rings. The van der Waals surface area contributed by atoms with Crippen LogP contribution >= 0.6 is 0 Å². The van der Waals surface area contributed by atoms with E-state index in [0.29, 0.717) is 0 Å². The Morgan fingerprint density at radius 2 is 1.78 bits per heavy atom. The van der Waals surface area contributed by atoms with Crippen molar-refractivity contribution in [1.82, 2.24) is 0 Å². The minimum Gasteiger partial charge on any atom is -0.494 e. The van der Waals surface area contributed by atoms with Gasteiger partial charge in [-0.15, -0.1) is 0 Å². The van der Waals surface area contributed by atoms with E-state index in [-0.39, 0.29) is 0 Å². The summed E-state index contributed by atoms with van der Waals surface area (Å²) < 4.78 is 5.53. The molecule has 1 aromatic carbocycles. The van der Waals surface area contributed by atoms with E-state index in [1.807, 2.05) is 11.8 Å². The molecular formula is C20H34N2O+2. The first-order valence-corrected chi connectivity index (χ1v) is 9.64. The lowest BCUT2D eigenvalue weighted by atomic mass is 9.86. The van der Waals surface area contributed by atoms with Crippen LogP contribution in [-0.4, -0.2) is 38.8 Å². The summed E-state index contributed by atoms with van der Waals surface area (Å²) >= 11 is 0. The van der Waals surface area contributed by atoms with Crippen LogP contribution in [0.2, 0.25) is 0 Å². The molecule has 0 aromatic heterocycles. The molecule has 3 nitrogen and oxygen atoms in total. The summed E-state index contributed by atoms with van der Waals surface area (Å²) in [4.78, 5) is 3.65. The quantitative estimate of drug-likeness (QED) is 0.827. The van der Waals surface area contributed by atoms with Crippen LogP contribution in [0, 0.1) is 5.92 Å². The zero-order chi connectivity index (χ0) is 16.1. The van der Waals surface area contributed by atoms with Gasteiger partial charge < -0.3 is 14.5 Å². The molecule has 0 amide bonds. The predicted octanol–water partition coefficient (Wildman–Crippen LogP) is 0.947. The van der Waals surface area contributed by atoms with Crippen LogP contribution in [0.5, 0.6) is 5.75 Å². The Bertz CT molecular complexity index is 465. The fourth-order valence-electron chi connectivity index (χ4n) is 4.47. The molecule has 1 saturated carbocycles. The summed E-state index contributed by atoms with van der Waals surface area (Å²) in [6, 6.07) is 9.65. The summed E-state index contributed by atoms with van der Waals surface area (Å²) in [5.41, 5.74) is 1.44. The maximum Gasteiger partial charge on any atom is 0.127 e. The Morgan fingerprint density at radius 3 is 2.43 bits per heavy atom. The van der Waals surface area contributed by atoms with Gasteiger partial charge in [-0.2, -0.15) is 0 Å². The number of rotatable bonds is 5. The number of ether oxygens (including phenoxy) is 1. The van der Waals surface area contributed by atoms with E-state index in [1.165, 1.54) is 64.0 Å². The third-order valence-corrected chi connectivity index (χ3v) is 5.80. The number of quaternary nitrogens is 2. The Hall–Kier alpha value is -1.06. The summed E-state index contributed by atoms with van der Waals surface area (Å²) in [5.74, 6) is 1.95. The van der Waals surface area contributed by atoms with E-state index >= 15 is 0 Å². The van der Waals surface area contributed by atoms with Gasteiger partial charge in [0.15, 0.2) is 0 Å². The molecule has 128 valence electrons. The van der Waals surface area contributed by atoms with Gasteiger partial charge in [0.2, 0.25) is 0 Å². The van der Waals surface area contributed by atoms with Crippen molar-refractivity contribution in [2.24, 2.45) is 5.92 Å². The fourth-order valence-corrected chi connectivity index (χ4v) is 4.47. The summed E-state index contributed by atoms with van der Waals surface area (Å²) in [6.45, 7) is 11.8. The Kier molecular flexibility index (Phi) is 5.96. The zero-order valence-electron chi connectivity index (χ0n) is 14.9. The van der Waals surface area contributed by atoms with Gasteiger partial charge in [-0.3, -0.25) is 0 Å². The molecule has 0 spiro atoms. The fraction of sp³-hybridized carbons (Fsp3) is 0.700. The molecule has 1 heterocycles. The minimum absolute atomic E-state index is 0.745. The van der Waals surface area contributed by atoms with E-state index < -0.39 is 0 Å². The van der Waals surface area contributed by atoms with Crippen LogP contribution in [0.3, 0.4) is 0 Å². The third kappa shape index (κ3) is 4.71. The largest absolute Gasteiger partial charge is 0.494 e. The molecule has 0 radical (unpaired) electrons. The zero-order valence-corrected chi connectivity index (χ0v) is 14.9. The second-order valence-electron chi connectivity index (χ2n) is 7.63. The Morgan fingerprint density at radius 1 is 1.04 bits per heavy atom. The number of hydrogen-bond acceptors (Lipinski definition) is 1. The molecule has 2 aliphatic rings. The molecule has 3 rings (SSSR count). The van der Waals surface area contributed by atoms with Crippen LogP contribution in [0.4, 0.5) is 0 Å². The normalized spacial score (nSPS) is 31.7. The van der Waals surface area contributed by atoms with Crippen molar-refractivity contribution in [2.75, 3.05) is 32.8 Å². The van der Waals surface area contributed by atoms with Crippen LogP contribution < -0.4 is 14.5 Å². The van der Waals surface area contributed by atoms with Crippen molar-refractivity contribution in [3.05, 3.63) is 29.8 Å². The van der Waals surface area contributed by atoms with Gasteiger partial charge >= 0.3 is 0 Å². The molecule has 1 aliphatic carbocycles. The SMILES string of the molecule is CCOc1ccc(C[NH+]2CC[NH+](C3CCCC(C)C3)CC2)cc1. The maximum atomic E-state index is 5.53. The first-order chi connectivity index (χ1) is 11.2. The van der Waals surface area contributed by atoms with E-state index in [4.69, 9.17) is 4.74 Å². The predicted molar refractivity (Wildman–Crippen MR) is 94.1 cm³/mol. The smallest absolute Gasteiger partial charge is 0.127 e. The van der Waals surface area contributed by atoms with E-state index in [1.54, 1.807) is 4.90 Å². The van der Waals surface area contributed by atoms with Gasteiger partial charge in [-0.05, 0) is 49.9 Å². The summed E-state index contributed by atoms with van der Waals surface area (Å²) in [6.07, 6.45) is 5.84. The van der Waals surface area contributed by atoms with Crippen molar-refractivity contribution < 1.29 is 14.5 Å². The standard InChI is InChI=1S/C20H32N2O/c1-3-23-20-9-7-18(8-10-20)16-21-11-13-22(14-12-21)19-6-4-5-17(2)15-19/h7-10,17,19H,3-6,11-16H2,1-2H3/p+2. The molecular weight excluding hydrogens is 284 g/mol. The number of hydrogen-bond donors (Lipinski definition) is 2. The second-order valence-corrected chi connectivity index (χ2v) is 7.63. The third-order valence-electron chi connectivity index (χ3n) is 5.80. The van der Waals surface area contributed by atoms with E-state index in [9.17, 15) is 0 Å². The maximum absolute atomic E-state index is 5.53. The minimum atomic E-state index is 0.745. The first kappa shape index (κ1) is 16.8. The molecule has 1 saturated heterocycles. The van der Waals surface area contributed by atoms with Crippen molar-refractivity contribution in [2.45, 2.75) is 52.1 Å². The van der Waals surface area contributed by atoms with Crippen molar-refractivity contribution >= 4 is 0 Å². The molecule has 23 heavy (non-hydrogen) atoms. The van der Waals surface area contributed by atoms with Crippen molar-refractivity contribution in [3.63, 3.8) is 0 Å². The lowest BCUT2D eigenvalue weighted by Crippen LogP contribution is -3.29. The molecule has 2 unspecified atom stereocenters. The van der Waals surface area contributed by atoms with Crippen LogP contribution in [-0.2, 0) is 6.54 Å². The topological polar surface area (TPSA) is 18.1 Å². The highest BCUT2D eigenvalue weighted by Gasteiger charge is 2.32. The lowest BCUT2D eigenvalue weighted by Gasteiger charge is -2.37. The van der Waals surface area contributed by atoms with Gasteiger partial charge in [0.25, 0.3) is 0 Å². The second kappa shape index (κ2) is 8.16. The highest BCUT2D eigenvalue weighted by atomic mass is 16.5. The number of nitrogens with one attached hydrogen (secondary N) is 2. The van der Waals surface area contributed by atoms with Crippen molar-refractivity contribution in [1.29, 1.82) is 0 Å². The number of benzene rings is 1. The molecule has 0 bridgehead atoms. The van der Waals surface area contributed by atoms with E-state index in [2.05, 4.69) is 31.2 Å². The lowest BCUT2D eigenvalue weighted by molar-refractivity contribution is -1.03. The van der Waals surface area contributed by atoms with Crippen LogP contribution in [0.25, 0.3) is 0 Å². The monoisotopic (exact) mass is 318 g/mol. The van der Waals surface area contributed by atoms with Gasteiger partial charge in [0, 0.05) is 12.0 Å². The Balaban J connectivity index is 1.45. The van der Waals surface area contributed by atoms with Crippen LogP contribution in [0.15, 0.2) is 24.3 Å². The molecule has 1 aliphatic heterocycles. The first-order valence-electron chi connectivity index (χ1n) is 9.64.